The predicted molar refractivity (Wildman–Crippen MR) is 123 cm³/mol. The molecule has 2 aliphatic rings. The number of urea groups is 1. The van der Waals surface area contributed by atoms with Crippen LogP contribution >= 0.6 is 0 Å². The molecule has 3 amide bonds. The Morgan fingerprint density at radius 1 is 1.03 bits per heavy atom. The highest BCUT2D eigenvalue weighted by atomic mass is 16.5. The van der Waals surface area contributed by atoms with Crippen molar-refractivity contribution in [2.24, 2.45) is 0 Å². The molecule has 0 saturated carbocycles. The maximum absolute atomic E-state index is 13.4. The number of hydrogen-bond acceptors (Lipinski definition) is 4. The minimum atomic E-state index is -0.537. The van der Waals surface area contributed by atoms with Gasteiger partial charge in [-0.3, -0.25) is 14.7 Å². The normalized spacial score (nSPS) is 17.8. The van der Waals surface area contributed by atoms with Crippen LogP contribution in [0.1, 0.15) is 22.9 Å². The maximum Gasteiger partial charge on any atom is 0.322 e. The van der Waals surface area contributed by atoms with Crippen molar-refractivity contribution in [3.05, 3.63) is 107 Å². The number of hydrogen-bond donors (Lipinski definition) is 1. The van der Waals surface area contributed by atoms with Crippen molar-refractivity contribution in [3.8, 4) is 5.75 Å². The van der Waals surface area contributed by atoms with Gasteiger partial charge >= 0.3 is 6.03 Å². The van der Waals surface area contributed by atoms with Gasteiger partial charge in [-0.15, -0.1) is 0 Å². The second kappa shape index (κ2) is 8.78. The van der Waals surface area contributed by atoms with Crippen LogP contribution in [0.2, 0.25) is 0 Å². The summed E-state index contributed by atoms with van der Waals surface area (Å²) in [6, 6.07) is 22.3. The molecule has 3 aromatic rings. The highest BCUT2D eigenvalue weighted by Crippen LogP contribution is 2.37. The van der Waals surface area contributed by atoms with Crippen LogP contribution in [-0.4, -0.2) is 40.3 Å². The fourth-order valence-electron chi connectivity index (χ4n) is 4.21. The Hall–Kier alpha value is -4.13. The number of amides is 3. The van der Waals surface area contributed by atoms with Crippen molar-refractivity contribution < 1.29 is 14.3 Å². The zero-order valence-corrected chi connectivity index (χ0v) is 18.3. The Morgan fingerprint density at radius 2 is 1.85 bits per heavy atom. The largest absolute Gasteiger partial charge is 0.489 e. The lowest BCUT2D eigenvalue weighted by Crippen LogP contribution is -2.45. The Morgan fingerprint density at radius 3 is 2.64 bits per heavy atom. The summed E-state index contributed by atoms with van der Waals surface area (Å²) in [5.74, 6) is 0.588. The molecule has 7 heteroatoms. The summed E-state index contributed by atoms with van der Waals surface area (Å²) in [4.78, 5) is 33.7. The second-order valence-electron chi connectivity index (χ2n) is 8.13. The first-order valence-corrected chi connectivity index (χ1v) is 10.8. The summed E-state index contributed by atoms with van der Waals surface area (Å²) in [5.41, 5.74) is 3.99. The van der Waals surface area contributed by atoms with E-state index in [1.165, 1.54) is 4.90 Å². The van der Waals surface area contributed by atoms with Crippen LogP contribution < -0.4 is 10.1 Å². The number of carbonyl (C=O) groups is 2. The molecule has 5 rings (SSSR count). The number of likely N-dealkylation sites (N-methyl/N-ethyl adjacent to an activating group) is 1. The summed E-state index contributed by atoms with van der Waals surface area (Å²) in [6.45, 7) is 1.20. The molecule has 1 atom stereocenters. The summed E-state index contributed by atoms with van der Waals surface area (Å²) in [6.07, 6.45) is 1.71. The highest BCUT2D eigenvalue weighted by molar-refractivity contribution is 6.01. The number of aromatic nitrogens is 1. The Bertz CT molecular complexity index is 1210. The third kappa shape index (κ3) is 4.17. The average molecular weight is 441 g/mol. The van der Waals surface area contributed by atoms with E-state index in [9.17, 15) is 9.59 Å². The van der Waals surface area contributed by atoms with Gasteiger partial charge in [0.2, 0.25) is 0 Å². The minimum Gasteiger partial charge on any atom is -0.489 e. The fourth-order valence-corrected chi connectivity index (χ4v) is 4.21. The summed E-state index contributed by atoms with van der Waals surface area (Å²) in [5, 5.41) is 2.98. The van der Waals surface area contributed by atoms with E-state index in [0.717, 1.165) is 22.5 Å². The predicted octanol–water partition coefficient (Wildman–Crippen LogP) is 3.65. The van der Waals surface area contributed by atoms with Gasteiger partial charge in [-0.05, 0) is 35.4 Å². The van der Waals surface area contributed by atoms with Crippen molar-refractivity contribution in [3.63, 3.8) is 0 Å². The lowest BCUT2D eigenvalue weighted by molar-refractivity contribution is -0.126. The van der Waals surface area contributed by atoms with Gasteiger partial charge in [0.05, 0.1) is 36.1 Å². The number of benzene rings is 2. The van der Waals surface area contributed by atoms with E-state index in [-0.39, 0.29) is 11.9 Å². The van der Waals surface area contributed by atoms with Gasteiger partial charge < -0.3 is 15.0 Å². The van der Waals surface area contributed by atoms with Crippen LogP contribution in [-0.2, 0) is 17.9 Å². The van der Waals surface area contributed by atoms with Crippen LogP contribution in [0.15, 0.2) is 90.3 Å². The molecule has 0 radical (unpaired) electrons. The maximum atomic E-state index is 13.4. The molecule has 0 aliphatic carbocycles. The topological polar surface area (TPSA) is 74.8 Å². The summed E-state index contributed by atoms with van der Waals surface area (Å²) >= 11 is 0. The van der Waals surface area contributed by atoms with Crippen molar-refractivity contribution in [2.75, 3.05) is 13.6 Å². The smallest absolute Gasteiger partial charge is 0.322 e. The van der Waals surface area contributed by atoms with Crippen LogP contribution in [0.25, 0.3) is 0 Å². The first-order chi connectivity index (χ1) is 16.1. The van der Waals surface area contributed by atoms with Gasteiger partial charge in [-0.25, -0.2) is 4.79 Å². The number of carbonyl (C=O) groups excluding carboxylic acids is 2. The summed E-state index contributed by atoms with van der Waals surface area (Å²) in [7, 11) is 1.69. The lowest BCUT2D eigenvalue weighted by atomic mass is 9.95. The van der Waals surface area contributed by atoms with Crippen LogP contribution in [0, 0.1) is 0 Å². The quantitative estimate of drug-likeness (QED) is 0.635. The fraction of sp³-hybridized carbons (Fsp3) is 0.192. The number of nitrogens with one attached hydrogen (secondary N) is 1. The number of pyridine rings is 1. The van der Waals surface area contributed by atoms with Crippen LogP contribution in [0.4, 0.5) is 4.79 Å². The van der Waals surface area contributed by atoms with Gasteiger partial charge in [-0.1, -0.05) is 48.5 Å². The zero-order chi connectivity index (χ0) is 22.8. The molecule has 2 aliphatic heterocycles. The van der Waals surface area contributed by atoms with Crippen molar-refractivity contribution in [1.82, 2.24) is 20.1 Å². The zero-order valence-electron chi connectivity index (χ0n) is 18.3. The second-order valence-corrected chi connectivity index (χ2v) is 8.13. The molecular formula is C26H24N4O3. The number of rotatable bonds is 6. The molecule has 2 aromatic carbocycles. The van der Waals surface area contributed by atoms with Gasteiger partial charge in [0.25, 0.3) is 5.91 Å². The van der Waals surface area contributed by atoms with Crippen molar-refractivity contribution in [1.29, 1.82) is 0 Å². The van der Waals surface area contributed by atoms with Gasteiger partial charge in [-0.2, -0.15) is 0 Å². The first kappa shape index (κ1) is 20.8. The highest BCUT2D eigenvalue weighted by Gasteiger charge is 2.42. The molecule has 0 spiro atoms. The van der Waals surface area contributed by atoms with E-state index in [1.807, 2.05) is 72.8 Å². The van der Waals surface area contributed by atoms with Crippen molar-refractivity contribution in [2.45, 2.75) is 19.2 Å². The molecule has 0 bridgehead atoms. The Balaban J connectivity index is 1.40. The molecule has 0 unspecified atom stereocenters. The van der Waals surface area contributed by atoms with E-state index in [2.05, 4.69) is 10.3 Å². The number of ether oxygens (including phenoxy) is 1. The van der Waals surface area contributed by atoms with Gasteiger partial charge in [0, 0.05) is 13.2 Å². The molecular weight excluding hydrogens is 416 g/mol. The first-order valence-electron chi connectivity index (χ1n) is 10.8. The molecule has 1 aromatic heterocycles. The number of nitrogens with zero attached hydrogens (tertiary/aromatic N) is 3. The van der Waals surface area contributed by atoms with E-state index in [0.29, 0.717) is 31.0 Å². The van der Waals surface area contributed by atoms with Crippen LogP contribution in [0.5, 0.6) is 5.75 Å². The lowest BCUT2D eigenvalue weighted by Gasteiger charge is -2.31. The van der Waals surface area contributed by atoms with E-state index >= 15 is 0 Å². The van der Waals surface area contributed by atoms with Gasteiger partial charge in [0.15, 0.2) is 0 Å². The average Bonchev–Trinajstić information content (AvgIpc) is 3.17. The van der Waals surface area contributed by atoms with E-state index in [1.54, 1.807) is 18.1 Å². The Kier molecular flexibility index (Phi) is 5.52. The molecule has 3 heterocycles. The standard InChI is InChI=1S/C26H24N4O3/c1-29-22-16-30(15-20-11-5-6-13-27-20)25(31)23(22)24(28-26(29)32)19-10-7-12-21(14-19)33-17-18-8-3-2-4-9-18/h2-14,24H,15-17H2,1H3,(H,28,32)/t24-/m0/s1. The Labute approximate surface area is 192 Å². The molecule has 33 heavy (non-hydrogen) atoms. The van der Waals surface area contributed by atoms with Gasteiger partial charge in [0.1, 0.15) is 12.4 Å². The molecule has 0 fully saturated rings. The SMILES string of the molecule is CN1C(=O)N[C@@H](c2cccc(OCc3ccccc3)c2)C2=C1CN(Cc1ccccn1)C2=O. The molecule has 1 N–H and O–H groups in total. The third-order valence-corrected chi connectivity index (χ3v) is 5.95. The minimum absolute atomic E-state index is 0.0943. The van der Waals surface area contributed by atoms with Crippen molar-refractivity contribution >= 4 is 11.9 Å². The third-order valence-electron chi connectivity index (χ3n) is 5.95. The monoisotopic (exact) mass is 440 g/mol. The molecule has 0 saturated heterocycles. The molecule has 7 nitrogen and oxygen atoms in total. The van der Waals surface area contributed by atoms with Crippen LogP contribution in [0.3, 0.4) is 0 Å². The van der Waals surface area contributed by atoms with E-state index < -0.39 is 6.04 Å². The summed E-state index contributed by atoms with van der Waals surface area (Å²) < 4.78 is 5.97. The van der Waals surface area contributed by atoms with E-state index in [4.69, 9.17) is 4.74 Å². The molecule has 166 valence electrons.